The van der Waals surface area contributed by atoms with E-state index in [-0.39, 0.29) is 11.4 Å². The van der Waals surface area contributed by atoms with Crippen LogP contribution >= 0.6 is 0 Å². The van der Waals surface area contributed by atoms with Crippen LogP contribution < -0.4 is 11.1 Å². The summed E-state index contributed by atoms with van der Waals surface area (Å²) >= 11 is 0. The number of hydrogen-bond acceptors (Lipinski definition) is 3. The maximum Gasteiger partial charge on any atom is 0.234 e. The van der Waals surface area contributed by atoms with Gasteiger partial charge in [-0.1, -0.05) is 6.92 Å². The molecule has 0 spiro atoms. The van der Waals surface area contributed by atoms with Crippen LogP contribution in [0, 0.1) is 5.92 Å². The molecule has 1 atom stereocenters. The van der Waals surface area contributed by atoms with Gasteiger partial charge in [0.15, 0.2) is 0 Å². The van der Waals surface area contributed by atoms with Crippen molar-refractivity contribution < 1.29 is 4.79 Å². The van der Waals surface area contributed by atoms with Crippen LogP contribution in [0.1, 0.15) is 40.0 Å². The second-order valence-corrected chi connectivity index (χ2v) is 5.76. The fraction of sp³-hybridized carbons (Fsp3) is 0.923. The highest BCUT2D eigenvalue weighted by Gasteiger charge is 2.23. The van der Waals surface area contributed by atoms with Gasteiger partial charge in [0.1, 0.15) is 0 Å². The van der Waals surface area contributed by atoms with E-state index in [1.165, 1.54) is 6.42 Å². The number of carbonyl (C=O) groups is 1. The Hall–Kier alpha value is -0.610. The van der Waals surface area contributed by atoms with Crippen molar-refractivity contribution in [1.29, 1.82) is 0 Å². The van der Waals surface area contributed by atoms with Crippen LogP contribution in [0.5, 0.6) is 0 Å². The third-order valence-electron chi connectivity index (χ3n) is 3.67. The minimum atomic E-state index is -0.0971. The fourth-order valence-electron chi connectivity index (χ4n) is 2.20. The summed E-state index contributed by atoms with van der Waals surface area (Å²) in [5.74, 6) is 0.699. The Kier molecular flexibility index (Phi) is 5.40. The van der Waals surface area contributed by atoms with Crippen molar-refractivity contribution in [2.24, 2.45) is 11.7 Å². The molecule has 1 amide bonds. The van der Waals surface area contributed by atoms with E-state index in [1.54, 1.807) is 0 Å². The first-order valence-corrected chi connectivity index (χ1v) is 6.70. The van der Waals surface area contributed by atoms with E-state index in [0.717, 1.165) is 32.5 Å². The lowest BCUT2D eigenvalue weighted by Gasteiger charge is -2.33. The molecule has 1 fully saturated rings. The Balaban J connectivity index is 2.35. The number of nitrogens with one attached hydrogen (secondary N) is 1. The molecule has 0 bridgehead atoms. The topological polar surface area (TPSA) is 58.4 Å². The van der Waals surface area contributed by atoms with Crippen LogP contribution in [0.4, 0.5) is 0 Å². The molecule has 100 valence electrons. The van der Waals surface area contributed by atoms with Crippen molar-refractivity contribution in [1.82, 2.24) is 10.2 Å². The number of likely N-dealkylation sites (tertiary alicyclic amines) is 1. The third-order valence-corrected chi connectivity index (χ3v) is 3.67. The smallest absolute Gasteiger partial charge is 0.234 e. The summed E-state index contributed by atoms with van der Waals surface area (Å²) in [6, 6.07) is 0. The molecular formula is C13H27N3O. The highest BCUT2D eigenvalue weighted by Crippen LogP contribution is 2.15. The van der Waals surface area contributed by atoms with E-state index in [9.17, 15) is 4.79 Å². The van der Waals surface area contributed by atoms with Gasteiger partial charge in [-0.15, -0.1) is 0 Å². The fourth-order valence-corrected chi connectivity index (χ4v) is 2.20. The van der Waals surface area contributed by atoms with Crippen molar-refractivity contribution in [2.45, 2.75) is 45.6 Å². The van der Waals surface area contributed by atoms with Crippen LogP contribution in [0.25, 0.3) is 0 Å². The molecule has 17 heavy (non-hydrogen) atoms. The number of nitrogens with two attached hydrogens (primary N) is 1. The molecule has 0 aromatic carbocycles. The molecule has 1 rings (SSSR count). The molecule has 1 aliphatic rings. The quantitative estimate of drug-likeness (QED) is 0.754. The van der Waals surface area contributed by atoms with E-state index >= 15 is 0 Å². The van der Waals surface area contributed by atoms with E-state index in [1.807, 2.05) is 0 Å². The molecule has 0 saturated carbocycles. The summed E-state index contributed by atoms with van der Waals surface area (Å²) < 4.78 is 0. The van der Waals surface area contributed by atoms with Gasteiger partial charge in [0, 0.05) is 12.1 Å². The van der Waals surface area contributed by atoms with Gasteiger partial charge in [-0.05, 0) is 52.1 Å². The molecule has 0 radical (unpaired) electrons. The molecular weight excluding hydrogens is 214 g/mol. The van der Waals surface area contributed by atoms with E-state index in [2.05, 4.69) is 31.0 Å². The lowest BCUT2D eigenvalue weighted by atomic mass is 9.98. The van der Waals surface area contributed by atoms with Gasteiger partial charge in [0.2, 0.25) is 5.91 Å². The van der Waals surface area contributed by atoms with E-state index in [4.69, 9.17) is 5.73 Å². The summed E-state index contributed by atoms with van der Waals surface area (Å²) in [4.78, 5) is 14.1. The first-order chi connectivity index (χ1) is 7.96. The highest BCUT2D eigenvalue weighted by atomic mass is 16.2. The van der Waals surface area contributed by atoms with Crippen molar-refractivity contribution in [3.63, 3.8) is 0 Å². The Morgan fingerprint density at radius 1 is 1.53 bits per heavy atom. The van der Waals surface area contributed by atoms with Crippen LogP contribution in [0.2, 0.25) is 0 Å². The standard InChI is InChI=1S/C13H27N3O/c1-4-13(2,3)15-12(17)10-16-7-5-6-11(8-14)9-16/h11H,4-10,14H2,1-3H3,(H,15,17). The first-order valence-electron chi connectivity index (χ1n) is 6.70. The number of carbonyl (C=O) groups excluding carboxylic acids is 1. The number of rotatable bonds is 5. The van der Waals surface area contributed by atoms with Gasteiger partial charge < -0.3 is 11.1 Å². The summed E-state index contributed by atoms with van der Waals surface area (Å²) in [6.07, 6.45) is 3.31. The molecule has 0 aromatic rings. The molecule has 4 heteroatoms. The van der Waals surface area contributed by atoms with Gasteiger partial charge in [-0.3, -0.25) is 9.69 Å². The van der Waals surface area contributed by atoms with Gasteiger partial charge in [0.05, 0.1) is 6.54 Å². The van der Waals surface area contributed by atoms with E-state index in [0.29, 0.717) is 12.5 Å². The largest absolute Gasteiger partial charge is 0.350 e. The van der Waals surface area contributed by atoms with Gasteiger partial charge in [-0.2, -0.15) is 0 Å². The lowest BCUT2D eigenvalue weighted by molar-refractivity contribution is -0.124. The van der Waals surface area contributed by atoms with Gasteiger partial charge >= 0.3 is 0 Å². The maximum atomic E-state index is 11.9. The SMILES string of the molecule is CCC(C)(C)NC(=O)CN1CCCC(CN)C1. The predicted molar refractivity (Wildman–Crippen MR) is 70.7 cm³/mol. The lowest BCUT2D eigenvalue weighted by Crippen LogP contribution is -2.49. The van der Waals surface area contributed by atoms with E-state index < -0.39 is 0 Å². The molecule has 3 N–H and O–H groups in total. The van der Waals surface area contributed by atoms with Crippen LogP contribution in [-0.2, 0) is 4.79 Å². The number of amides is 1. The first kappa shape index (κ1) is 14.5. The highest BCUT2D eigenvalue weighted by molar-refractivity contribution is 5.78. The number of nitrogens with zero attached hydrogens (tertiary/aromatic N) is 1. The van der Waals surface area contributed by atoms with Crippen LogP contribution in [-0.4, -0.2) is 42.5 Å². The molecule has 0 aliphatic carbocycles. The Bertz CT molecular complexity index is 253. The molecule has 1 unspecified atom stereocenters. The van der Waals surface area contributed by atoms with Crippen molar-refractivity contribution >= 4 is 5.91 Å². The Morgan fingerprint density at radius 2 is 2.24 bits per heavy atom. The van der Waals surface area contributed by atoms with Crippen molar-refractivity contribution in [3.05, 3.63) is 0 Å². The minimum Gasteiger partial charge on any atom is -0.350 e. The minimum absolute atomic E-state index is 0.0971. The normalized spacial score (nSPS) is 22.5. The van der Waals surface area contributed by atoms with Crippen LogP contribution in [0.15, 0.2) is 0 Å². The molecule has 1 saturated heterocycles. The summed E-state index contributed by atoms with van der Waals surface area (Å²) in [5, 5.41) is 3.07. The van der Waals surface area contributed by atoms with Crippen molar-refractivity contribution in [2.75, 3.05) is 26.2 Å². The molecule has 0 aromatic heterocycles. The summed E-state index contributed by atoms with van der Waals surface area (Å²) in [7, 11) is 0. The predicted octanol–water partition coefficient (Wildman–Crippen LogP) is 0.962. The number of hydrogen-bond donors (Lipinski definition) is 2. The second-order valence-electron chi connectivity index (χ2n) is 5.76. The Labute approximate surface area is 105 Å². The monoisotopic (exact) mass is 241 g/mol. The summed E-state index contributed by atoms with van der Waals surface area (Å²) in [5.41, 5.74) is 5.60. The van der Waals surface area contributed by atoms with Gasteiger partial charge in [-0.25, -0.2) is 0 Å². The van der Waals surface area contributed by atoms with Crippen LogP contribution in [0.3, 0.4) is 0 Å². The molecule has 4 nitrogen and oxygen atoms in total. The zero-order valence-corrected chi connectivity index (χ0v) is 11.5. The second kappa shape index (κ2) is 6.36. The van der Waals surface area contributed by atoms with Crippen molar-refractivity contribution in [3.8, 4) is 0 Å². The van der Waals surface area contributed by atoms with Gasteiger partial charge in [0.25, 0.3) is 0 Å². The Morgan fingerprint density at radius 3 is 2.82 bits per heavy atom. The maximum absolute atomic E-state index is 11.9. The third kappa shape index (κ3) is 5.04. The average molecular weight is 241 g/mol. The zero-order valence-electron chi connectivity index (χ0n) is 11.5. The molecule has 1 heterocycles. The summed E-state index contributed by atoms with van der Waals surface area (Å²) in [6.45, 7) is 9.45. The zero-order chi connectivity index (χ0) is 12.9. The average Bonchev–Trinajstić information content (AvgIpc) is 2.28. The number of piperidine rings is 1. The molecule has 1 aliphatic heterocycles.